The lowest BCUT2D eigenvalue weighted by molar-refractivity contribution is 0.0698. The van der Waals surface area contributed by atoms with E-state index in [0.717, 1.165) is 18.2 Å². The Labute approximate surface area is 118 Å². The van der Waals surface area contributed by atoms with Gasteiger partial charge in [0.1, 0.15) is 0 Å². The summed E-state index contributed by atoms with van der Waals surface area (Å²) in [5, 5.41) is 10.6. The first-order valence-corrected chi connectivity index (χ1v) is 6.98. The maximum absolute atomic E-state index is 11.2. The van der Waals surface area contributed by atoms with Gasteiger partial charge < -0.3 is 9.84 Å². The Morgan fingerprint density at radius 2 is 1.95 bits per heavy atom. The predicted octanol–water partition coefficient (Wildman–Crippen LogP) is 3.89. The smallest absolute Gasteiger partial charge is 0.337 e. The van der Waals surface area contributed by atoms with E-state index in [1.165, 1.54) is 19.0 Å². The van der Waals surface area contributed by atoms with E-state index in [2.05, 4.69) is 11.9 Å². The Hall–Kier alpha value is -2.10. The number of benzene rings is 1. The number of hydrogen-bond acceptors (Lipinski definition) is 3. The molecule has 20 heavy (non-hydrogen) atoms. The van der Waals surface area contributed by atoms with Crippen LogP contribution in [0.3, 0.4) is 0 Å². The van der Waals surface area contributed by atoms with Crippen LogP contribution in [0, 0.1) is 0 Å². The molecule has 4 nitrogen and oxygen atoms in total. The fraction of sp³-hybridized carbons (Fsp3) is 0.375. The highest BCUT2D eigenvalue weighted by Gasteiger charge is 2.12. The summed E-state index contributed by atoms with van der Waals surface area (Å²) in [4.78, 5) is 15.3. The second-order valence-electron chi connectivity index (χ2n) is 4.74. The van der Waals surface area contributed by atoms with E-state index in [0.29, 0.717) is 17.9 Å². The van der Waals surface area contributed by atoms with Crippen LogP contribution in [-0.4, -0.2) is 22.7 Å². The monoisotopic (exact) mass is 273 g/mol. The van der Waals surface area contributed by atoms with Crippen molar-refractivity contribution in [3.63, 3.8) is 0 Å². The topological polar surface area (TPSA) is 59.4 Å². The maximum atomic E-state index is 11.2. The van der Waals surface area contributed by atoms with Crippen molar-refractivity contribution in [1.82, 2.24) is 4.98 Å². The molecule has 2 aromatic rings. The Balaban J connectivity index is 2.18. The molecule has 0 aliphatic heterocycles. The molecule has 0 atom stereocenters. The third-order valence-corrected chi connectivity index (χ3v) is 3.23. The van der Waals surface area contributed by atoms with Crippen molar-refractivity contribution in [3.8, 4) is 5.88 Å². The normalized spacial score (nSPS) is 10.7. The Morgan fingerprint density at radius 1 is 1.20 bits per heavy atom. The fourth-order valence-electron chi connectivity index (χ4n) is 2.15. The molecule has 0 radical (unpaired) electrons. The molecule has 0 saturated heterocycles. The van der Waals surface area contributed by atoms with Crippen LogP contribution in [-0.2, 0) is 0 Å². The fourth-order valence-corrected chi connectivity index (χ4v) is 2.15. The Kier molecular flexibility index (Phi) is 4.93. The van der Waals surface area contributed by atoms with Gasteiger partial charge in [-0.2, -0.15) is 0 Å². The molecule has 0 aliphatic rings. The first-order chi connectivity index (χ1) is 9.74. The number of aromatic carboxylic acids is 1. The molecule has 0 fully saturated rings. The lowest BCUT2D eigenvalue weighted by Gasteiger charge is -2.09. The molecule has 1 N–H and O–H groups in total. The van der Waals surface area contributed by atoms with Crippen molar-refractivity contribution in [1.29, 1.82) is 0 Å². The van der Waals surface area contributed by atoms with Gasteiger partial charge in [-0.3, -0.25) is 0 Å². The van der Waals surface area contributed by atoms with Crippen molar-refractivity contribution < 1.29 is 14.6 Å². The van der Waals surface area contributed by atoms with Crippen LogP contribution < -0.4 is 4.74 Å². The molecule has 0 aliphatic carbocycles. The second kappa shape index (κ2) is 6.89. The van der Waals surface area contributed by atoms with E-state index >= 15 is 0 Å². The second-order valence-corrected chi connectivity index (χ2v) is 4.74. The van der Waals surface area contributed by atoms with Crippen LogP contribution in [0.2, 0.25) is 0 Å². The number of carboxylic acids is 1. The molecule has 0 unspecified atom stereocenters. The minimum absolute atomic E-state index is 0.207. The number of fused-ring (bicyclic) bond motifs is 1. The van der Waals surface area contributed by atoms with E-state index < -0.39 is 5.97 Å². The molecule has 4 heteroatoms. The number of hydrogen-bond donors (Lipinski definition) is 1. The molecule has 0 spiro atoms. The largest absolute Gasteiger partial charge is 0.478 e. The minimum atomic E-state index is -0.969. The molecule has 2 rings (SSSR count). The third-order valence-electron chi connectivity index (χ3n) is 3.23. The van der Waals surface area contributed by atoms with Crippen LogP contribution in [0.25, 0.3) is 10.8 Å². The summed E-state index contributed by atoms with van der Waals surface area (Å²) in [6.07, 6.45) is 5.89. The number of carboxylic acid groups (broad SMARTS) is 1. The highest BCUT2D eigenvalue weighted by atomic mass is 16.5. The standard InChI is InChI=1S/C16H19NO3/c1-2-3-4-7-10-20-15-13-9-6-5-8-12(13)14(11-17-15)16(18)19/h5-6,8-9,11H,2-4,7,10H2,1H3,(H,18,19). The van der Waals surface area contributed by atoms with Crippen LogP contribution in [0.4, 0.5) is 0 Å². The first-order valence-electron chi connectivity index (χ1n) is 6.98. The molecule has 0 bridgehead atoms. The van der Waals surface area contributed by atoms with Gasteiger partial charge >= 0.3 is 5.97 Å². The van der Waals surface area contributed by atoms with Crippen molar-refractivity contribution in [3.05, 3.63) is 36.0 Å². The van der Waals surface area contributed by atoms with Crippen molar-refractivity contribution in [2.75, 3.05) is 6.61 Å². The number of ether oxygens (including phenoxy) is 1. The van der Waals surface area contributed by atoms with Crippen molar-refractivity contribution >= 4 is 16.7 Å². The minimum Gasteiger partial charge on any atom is -0.478 e. The average molecular weight is 273 g/mol. The van der Waals surface area contributed by atoms with E-state index in [4.69, 9.17) is 9.84 Å². The van der Waals surface area contributed by atoms with Crippen molar-refractivity contribution in [2.45, 2.75) is 32.6 Å². The number of carbonyl (C=O) groups is 1. The van der Waals surface area contributed by atoms with Crippen LogP contribution in [0.1, 0.15) is 43.0 Å². The number of pyridine rings is 1. The lowest BCUT2D eigenvalue weighted by atomic mass is 10.1. The van der Waals surface area contributed by atoms with Gasteiger partial charge in [0, 0.05) is 17.0 Å². The van der Waals surface area contributed by atoms with Gasteiger partial charge in [-0.15, -0.1) is 0 Å². The summed E-state index contributed by atoms with van der Waals surface area (Å²) in [5.41, 5.74) is 0.207. The summed E-state index contributed by atoms with van der Waals surface area (Å²) in [7, 11) is 0. The van der Waals surface area contributed by atoms with Gasteiger partial charge in [0.25, 0.3) is 0 Å². The van der Waals surface area contributed by atoms with Gasteiger partial charge in [-0.05, 0) is 12.5 Å². The molecule has 1 aromatic heterocycles. The molecule has 1 aromatic carbocycles. The zero-order chi connectivity index (χ0) is 14.4. The van der Waals surface area contributed by atoms with Gasteiger partial charge in [0.2, 0.25) is 5.88 Å². The number of nitrogens with zero attached hydrogens (tertiary/aromatic N) is 1. The predicted molar refractivity (Wildman–Crippen MR) is 78.3 cm³/mol. The summed E-state index contributed by atoms with van der Waals surface area (Å²) < 4.78 is 5.70. The Morgan fingerprint density at radius 3 is 2.65 bits per heavy atom. The first kappa shape index (κ1) is 14.3. The third kappa shape index (κ3) is 3.26. The lowest BCUT2D eigenvalue weighted by Crippen LogP contribution is -2.03. The van der Waals surface area contributed by atoms with E-state index in [-0.39, 0.29) is 5.56 Å². The summed E-state index contributed by atoms with van der Waals surface area (Å²) in [6.45, 7) is 2.78. The SMILES string of the molecule is CCCCCCOc1ncc(C(=O)O)c2ccccc12. The molecule has 106 valence electrons. The van der Waals surface area contributed by atoms with E-state index in [9.17, 15) is 4.79 Å². The molecule has 0 saturated carbocycles. The molecule has 0 amide bonds. The average Bonchev–Trinajstić information content (AvgIpc) is 2.46. The van der Waals surface area contributed by atoms with Gasteiger partial charge in [0.15, 0.2) is 0 Å². The highest BCUT2D eigenvalue weighted by molar-refractivity contribution is 6.04. The van der Waals surface area contributed by atoms with Gasteiger partial charge in [-0.1, -0.05) is 44.4 Å². The number of rotatable bonds is 7. The maximum Gasteiger partial charge on any atom is 0.337 e. The van der Waals surface area contributed by atoms with E-state index in [1.807, 2.05) is 18.2 Å². The van der Waals surface area contributed by atoms with Crippen molar-refractivity contribution in [2.24, 2.45) is 0 Å². The summed E-state index contributed by atoms with van der Waals surface area (Å²) in [5.74, 6) is -0.453. The molecule has 1 heterocycles. The van der Waals surface area contributed by atoms with Crippen LogP contribution in [0.5, 0.6) is 5.88 Å². The summed E-state index contributed by atoms with van der Waals surface area (Å²) >= 11 is 0. The van der Waals surface area contributed by atoms with E-state index in [1.54, 1.807) is 6.07 Å². The highest BCUT2D eigenvalue weighted by Crippen LogP contribution is 2.26. The zero-order valence-corrected chi connectivity index (χ0v) is 11.6. The van der Waals surface area contributed by atoms with Gasteiger partial charge in [0.05, 0.1) is 12.2 Å². The van der Waals surface area contributed by atoms with Crippen LogP contribution in [0.15, 0.2) is 30.5 Å². The number of aromatic nitrogens is 1. The summed E-state index contributed by atoms with van der Waals surface area (Å²) in [6, 6.07) is 7.31. The van der Waals surface area contributed by atoms with Gasteiger partial charge in [-0.25, -0.2) is 9.78 Å². The quantitative estimate of drug-likeness (QED) is 0.777. The molecular formula is C16H19NO3. The Bertz CT molecular complexity index is 595. The van der Waals surface area contributed by atoms with Crippen LogP contribution >= 0.6 is 0 Å². The zero-order valence-electron chi connectivity index (χ0n) is 11.6. The number of unbranched alkanes of at least 4 members (excludes halogenated alkanes) is 3. The molecular weight excluding hydrogens is 254 g/mol.